The Labute approximate surface area is 154 Å². The van der Waals surface area contributed by atoms with E-state index in [1.54, 1.807) is 4.57 Å². The van der Waals surface area contributed by atoms with Gasteiger partial charge in [-0.1, -0.05) is 30.8 Å². The lowest BCUT2D eigenvalue weighted by Crippen LogP contribution is -2.23. The molecule has 0 bridgehead atoms. The molecule has 0 fully saturated rings. The van der Waals surface area contributed by atoms with Gasteiger partial charge in [0.25, 0.3) is 5.56 Å². The molecule has 4 aromatic rings. The molecule has 0 amide bonds. The molecule has 0 atom stereocenters. The highest BCUT2D eigenvalue weighted by Gasteiger charge is 2.17. The molecule has 0 aliphatic rings. The summed E-state index contributed by atoms with van der Waals surface area (Å²) in [7, 11) is 0. The predicted molar refractivity (Wildman–Crippen MR) is 101 cm³/mol. The van der Waals surface area contributed by atoms with Crippen molar-refractivity contribution < 1.29 is 4.42 Å². The van der Waals surface area contributed by atoms with Crippen molar-refractivity contribution in [1.29, 1.82) is 0 Å². The van der Waals surface area contributed by atoms with E-state index in [-0.39, 0.29) is 5.56 Å². The summed E-state index contributed by atoms with van der Waals surface area (Å²) in [6.45, 7) is 6.47. The molecule has 0 aliphatic heterocycles. The van der Waals surface area contributed by atoms with Gasteiger partial charge >= 0.3 is 0 Å². The second-order valence-corrected chi connectivity index (χ2v) is 7.07. The van der Waals surface area contributed by atoms with Crippen molar-refractivity contribution >= 4 is 28.4 Å². The standard InChI is InChI=1S/C18H19N5O2S/c1-4-9-22-16(24)13-7-5-6-8-14(13)23-17(22)20-21-18(23)26-10-15-19-11(2)12(3)25-15/h5-8H,4,9-10H2,1-3H3. The number of rotatable bonds is 5. The van der Waals surface area contributed by atoms with Gasteiger partial charge in [0, 0.05) is 6.54 Å². The lowest BCUT2D eigenvalue weighted by Gasteiger charge is -2.10. The molecule has 0 saturated heterocycles. The van der Waals surface area contributed by atoms with Crippen LogP contribution in [0.3, 0.4) is 0 Å². The van der Waals surface area contributed by atoms with Crippen LogP contribution in [0.5, 0.6) is 0 Å². The molecule has 0 unspecified atom stereocenters. The Balaban J connectivity index is 1.84. The van der Waals surface area contributed by atoms with Crippen LogP contribution in [0.25, 0.3) is 16.7 Å². The minimum Gasteiger partial charge on any atom is -0.445 e. The molecule has 4 rings (SSSR count). The highest BCUT2D eigenvalue weighted by Crippen LogP contribution is 2.25. The van der Waals surface area contributed by atoms with E-state index in [1.807, 2.05) is 49.4 Å². The largest absolute Gasteiger partial charge is 0.445 e. The molecule has 1 aromatic carbocycles. The molecule has 0 N–H and O–H groups in total. The van der Waals surface area contributed by atoms with E-state index in [0.717, 1.165) is 28.5 Å². The van der Waals surface area contributed by atoms with Gasteiger partial charge in [0.05, 0.1) is 22.3 Å². The lowest BCUT2D eigenvalue weighted by atomic mass is 10.2. The molecule has 3 aromatic heterocycles. The lowest BCUT2D eigenvalue weighted by molar-refractivity contribution is 0.489. The van der Waals surface area contributed by atoms with Gasteiger partial charge in [0.15, 0.2) is 5.16 Å². The first-order valence-electron chi connectivity index (χ1n) is 8.52. The van der Waals surface area contributed by atoms with Gasteiger partial charge in [-0.3, -0.25) is 13.8 Å². The number of hydrogen-bond acceptors (Lipinski definition) is 6. The molecule has 8 heteroatoms. The van der Waals surface area contributed by atoms with Crippen LogP contribution < -0.4 is 5.56 Å². The monoisotopic (exact) mass is 369 g/mol. The Bertz CT molecular complexity index is 1140. The molecule has 0 aliphatic carbocycles. The SMILES string of the molecule is CCCn1c(=O)c2ccccc2n2c(SCc3nc(C)c(C)o3)nnc12. The molecule has 134 valence electrons. The van der Waals surface area contributed by atoms with Crippen LogP contribution in [0, 0.1) is 13.8 Å². The summed E-state index contributed by atoms with van der Waals surface area (Å²) >= 11 is 1.50. The van der Waals surface area contributed by atoms with E-state index < -0.39 is 0 Å². The minimum atomic E-state index is -0.0298. The van der Waals surface area contributed by atoms with Gasteiger partial charge in [-0.15, -0.1) is 10.2 Å². The third kappa shape index (κ3) is 2.70. The molecular weight excluding hydrogens is 350 g/mol. The summed E-state index contributed by atoms with van der Waals surface area (Å²) in [6, 6.07) is 7.56. The maximum atomic E-state index is 12.8. The zero-order chi connectivity index (χ0) is 18.3. The van der Waals surface area contributed by atoms with Gasteiger partial charge in [0.1, 0.15) is 5.76 Å². The minimum absolute atomic E-state index is 0.0298. The number of fused-ring (bicyclic) bond motifs is 3. The fourth-order valence-corrected chi connectivity index (χ4v) is 3.76. The van der Waals surface area contributed by atoms with Crippen LogP contribution in [0.2, 0.25) is 0 Å². The first-order chi connectivity index (χ1) is 12.6. The molecule has 0 saturated carbocycles. The van der Waals surface area contributed by atoms with Gasteiger partial charge in [-0.2, -0.15) is 0 Å². The van der Waals surface area contributed by atoms with E-state index in [0.29, 0.717) is 29.4 Å². The summed E-state index contributed by atoms with van der Waals surface area (Å²) in [5.41, 5.74) is 1.68. The van der Waals surface area contributed by atoms with Crippen LogP contribution in [0.1, 0.15) is 30.7 Å². The first-order valence-corrected chi connectivity index (χ1v) is 9.51. The summed E-state index contributed by atoms with van der Waals surface area (Å²) in [6.07, 6.45) is 0.845. The van der Waals surface area contributed by atoms with Crippen LogP contribution in [0.4, 0.5) is 0 Å². The van der Waals surface area contributed by atoms with Crippen molar-refractivity contribution in [1.82, 2.24) is 24.1 Å². The van der Waals surface area contributed by atoms with Crippen LogP contribution >= 0.6 is 11.8 Å². The van der Waals surface area contributed by atoms with Crippen molar-refractivity contribution in [2.45, 2.75) is 44.6 Å². The number of benzene rings is 1. The number of para-hydroxylation sites is 1. The smallest absolute Gasteiger partial charge is 0.262 e. The highest BCUT2D eigenvalue weighted by atomic mass is 32.2. The Kier molecular flexibility index (Phi) is 4.28. The fraction of sp³-hybridized carbons (Fsp3) is 0.333. The molecule has 0 radical (unpaired) electrons. The third-order valence-corrected chi connectivity index (χ3v) is 5.24. The van der Waals surface area contributed by atoms with Crippen molar-refractivity contribution in [2.75, 3.05) is 0 Å². The zero-order valence-electron chi connectivity index (χ0n) is 14.9. The maximum Gasteiger partial charge on any atom is 0.262 e. The Morgan fingerprint density at radius 2 is 2.00 bits per heavy atom. The average molecular weight is 369 g/mol. The number of nitrogens with zero attached hydrogens (tertiary/aromatic N) is 5. The quantitative estimate of drug-likeness (QED) is 0.502. The van der Waals surface area contributed by atoms with E-state index in [1.165, 1.54) is 11.8 Å². The zero-order valence-corrected chi connectivity index (χ0v) is 15.7. The van der Waals surface area contributed by atoms with E-state index in [9.17, 15) is 4.79 Å². The average Bonchev–Trinajstić information content (AvgIpc) is 3.20. The Morgan fingerprint density at radius 1 is 1.19 bits per heavy atom. The summed E-state index contributed by atoms with van der Waals surface area (Å²) in [4.78, 5) is 17.2. The number of hydrogen-bond donors (Lipinski definition) is 0. The molecule has 0 spiro atoms. The topological polar surface area (TPSA) is 78.2 Å². The van der Waals surface area contributed by atoms with Crippen LogP contribution in [-0.4, -0.2) is 24.1 Å². The van der Waals surface area contributed by atoms with E-state index >= 15 is 0 Å². The molecule has 7 nitrogen and oxygen atoms in total. The highest BCUT2D eigenvalue weighted by molar-refractivity contribution is 7.98. The second kappa shape index (κ2) is 6.60. The third-order valence-electron chi connectivity index (χ3n) is 4.32. The predicted octanol–water partition coefficient (Wildman–Crippen LogP) is 3.35. The van der Waals surface area contributed by atoms with Gasteiger partial charge in [-0.25, -0.2) is 4.98 Å². The number of aromatic nitrogens is 5. The number of thioether (sulfide) groups is 1. The fourth-order valence-electron chi connectivity index (χ4n) is 2.98. The van der Waals surface area contributed by atoms with Crippen LogP contribution in [-0.2, 0) is 12.3 Å². The van der Waals surface area contributed by atoms with E-state index in [2.05, 4.69) is 15.2 Å². The van der Waals surface area contributed by atoms with E-state index in [4.69, 9.17) is 4.42 Å². The summed E-state index contributed by atoms with van der Waals surface area (Å²) in [5.74, 6) is 2.61. The first kappa shape index (κ1) is 16.8. The summed E-state index contributed by atoms with van der Waals surface area (Å²) < 4.78 is 9.29. The van der Waals surface area contributed by atoms with Crippen molar-refractivity contribution in [3.05, 3.63) is 52.0 Å². The molecule has 26 heavy (non-hydrogen) atoms. The van der Waals surface area contributed by atoms with Gasteiger partial charge in [0.2, 0.25) is 11.7 Å². The maximum absolute atomic E-state index is 12.8. The van der Waals surface area contributed by atoms with Gasteiger partial charge in [-0.05, 0) is 32.4 Å². The van der Waals surface area contributed by atoms with Crippen molar-refractivity contribution in [3.8, 4) is 0 Å². The van der Waals surface area contributed by atoms with Crippen molar-refractivity contribution in [3.63, 3.8) is 0 Å². The normalized spacial score (nSPS) is 11.7. The summed E-state index contributed by atoms with van der Waals surface area (Å²) in [5, 5.41) is 9.99. The van der Waals surface area contributed by atoms with Crippen molar-refractivity contribution in [2.24, 2.45) is 0 Å². The van der Waals surface area contributed by atoms with Gasteiger partial charge < -0.3 is 4.42 Å². The Hall–Kier alpha value is -2.61. The second-order valence-electron chi connectivity index (χ2n) is 6.13. The molecule has 3 heterocycles. The Morgan fingerprint density at radius 3 is 2.73 bits per heavy atom. The van der Waals surface area contributed by atoms with Crippen LogP contribution in [0.15, 0.2) is 38.6 Å². The number of oxazole rings is 1. The molecular formula is C18H19N5O2S. The number of aryl methyl sites for hydroxylation is 3.